The molecule has 14 nitrogen and oxygen atoms in total. The third kappa shape index (κ3) is 6.67. The summed E-state index contributed by atoms with van der Waals surface area (Å²) < 4.78 is 57.1. The van der Waals surface area contributed by atoms with E-state index in [1.54, 1.807) is 37.3 Å². The zero-order chi connectivity index (χ0) is 29.8. The van der Waals surface area contributed by atoms with E-state index in [2.05, 4.69) is 15.2 Å². The van der Waals surface area contributed by atoms with E-state index in [4.69, 9.17) is 29.0 Å². The van der Waals surface area contributed by atoms with Crippen molar-refractivity contribution < 1.29 is 47.2 Å². The monoisotopic (exact) mass is 597 g/mol. The summed E-state index contributed by atoms with van der Waals surface area (Å²) in [6.07, 6.45) is -3.88. The van der Waals surface area contributed by atoms with Crippen LogP contribution in [0.1, 0.15) is 25.6 Å². The number of benzene rings is 1. The molecular formula is C25H33FN5O9P. The minimum Gasteiger partial charge on any atom is -0.462 e. The lowest BCUT2D eigenvalue weighted by Crippen LogP contribution is -2.49. The molecule has 2 aromatic heterocycles. The molecule has 224 valence electrons. The maximum atomic E-state index is 14.6. The van der Waals surface area contributed by atoms with Crippen molar-refractivity contribution >= 4 is 25.1 Å². The second-order valence-electron chi connectivity index (χ2n) is 9.58. The van der Waals surface area contributed by atoms with Crippen LogP contribution in [0.2, 0.25) is 0 Å². The van der Waals surface area contributed by atoms with Gasteiger partial charge in [0, 0.05) is 7.11 Å². The molecule has 16 heteroatoms. The fourth-order valence-corrected chi connectivity index (χ4v) is 5.70. The Bertz CT molecular complexity index is 1380. The molecule has 0 bridgehead atoms. The van der Waals surface area contributed by atoms with Gasteiger partial charge in [0.1, 0.15) is 60.8 Å². The van der Waals surface area contributed by atoms with Gasteiger partial charge in [0.15, 0.2) is 5.82 Å². The number of nitrogens with one attached hydrogen (secondary N) is 1. The Kier molecular flexibility index (Phi) is 9.59. The van der Waals surface area contributed by atoms with Crippen molar-refractivity contribution in [2.75, 3.05) is 32.7 Å². The number of aliphatic hydroxyl groups excluding tert-OH is 2. The number of alkyl halides is 1. The predicted molar refractivity (Wildman–Crippen MR) is 143 cm³/mol. The van der Waals surface area contributed by atoms with Crippen LogP contribution in [0, 0.1) is 0 Å². The van der Waals surface area contributed by atoms with Gasteiger partial charge in [-0.25, -0.2) is 18.5 Å². The van der Waals surface area contributed by atoms with E-state index in [9.17, 15) is 24.0 Å². The standard InChI is InChI=1S/C25H33FN5O9P/c1-15(36-3)11-37-24(34)16(2)30-41(35,40-17-7-5-4-6-8-17)38-13-25(12-26)22(33)20(32)21(39-25)18-9-10-19-23(27)28-14-29-31(18)19/h4-10,14-16,20-22,32-33H,11-13H2,1-3H3,(H,30,35)(H2,27,28,29)/t15-,16-,20-,21-,22-,25+,41+/m0/s1. The van der Waals surface area contributed by atoms with Crippen molar-refractivity contribution in [1.82, 2.24) is 19.7 Å². The molecule has 1 aliphatic rings. The Balaban J connectivity index is 1.55. The molecule has 7 atom stereocenters. The van der Waals surface area contributed by atoms with E-state index < -0.39 is 57.0 Å². The van der Waals surface area contributed by atoms with Crippen molar-refractivity contribution in [3.63, 3.8) is 0 Å². The van der Waals surface area contributed by atoms with Gasteiger partial charge in [0.2, 0.25) is 0 Å². The van der Waals surface area contributed by atoms with Crippen LogP contribution in [-0.2, 0) is 28.1 Å². The highest BCUT2D eigenvalue weighted by molar-refractivity contribution is 7.52. The zero-order valence-corrected chi connectivity index (χ0v) is 23.5. The minimum absolute atomic E-state index is 0.0543. The lowest BCUT2D eigenvalue weighted by molar-refractivity contribution is -0.148. The number of nitrogens with two attached hydrogens (primary N) is 1. The van der Waals surface area contributed by atoms with E-state index in [-0.39, 0.29) is 30.0 Å². The Hall–Kier alpha value is -3.17. The number of hydrogen-bond acceptors (Lipinski definition) is 12. The van der Waals surface area contributed by atoms with Crippen LogP contribution in [0.4, 0.5) is 10.2 Å². The van der Waals surface area contributed by atoms with Crippen LogP contribution in [0.3, 0.4) is 0 Å². The Morgan fingerprint density at radius 1 is 1.27 bits per heavy atom. The molecular weight excluding hydrogens is 564 g/mol. The lowest BCUT2D eigenvalue weighted by Gasteiger charge is -2.31. The zero-order valence-electron chi connectivity index (χ0n) is 22.6. The van der Waals surface area contributed by atoms with E-state index in [1.165, 1.54) is 37.0 Å². The van der Waals surface area contributed by atoms with Crippen molar-refractivity contribution in [3.8, 4) is 5.75 Å². The third-order valence-electron chi connectivity index (χ3n) is 6.58. The molecule has 41 heavy (non-hydrogen) atoms. The van der Waals surface area contributed by atoms with E-state index >= 15 is 0 Å². The molecule has 5 N–H and O–H groups in total. The fourth-order valence-electron chi connectivity index (χ4n) is 4.15. The molecule has 0 unspecified atom stereocenters. The summed E-state index contributed by atoms with van der Waals surface area (Å²) in [5.74, 6) is -0.494. The van der Waals surface area contributed by atoms with Crippen molar-refractivity contribution in [1.29, 1.82) is 0 Å². The molecule has 4 rings (SSSR count). The second-order valence-corrected chi connectivity index (χ2v) is 11.3. The first kappa shape index (κ1) is 30.8. The molecule has 1 fully saturated rings. The van der Waals surface area contributed by atoms with Gasteiger partial charge in [0.05, 0.1) is 18.4 Å². The molecule has 0 radical (unpaired) electrons. The van der Waals surface area contributed by atoms with E-state index in [0.29, 0.717) is 5.52 Å². The molecule has 0 aliphatic carbocycles. The quantitative estimate of drug-likeness (QED) is 0.164. The summed E-state index contributed by atoms with van der Waals surface area (Å²) in [5.41, 5.74) is 4.38. The first-order valence-electron chi connectivity index (χ1n) is 12.7. The minimum atomic E-state index is -4.45. The summed E-state index contributed by atoms with van der Waals surface area (Å²) in [4.78, 5) is 16.4. The number of fused-ring (bicyclic) bond motifs is 1. The third-order valence-corrected chi connectivity index (χ3v) is 8.20. The Morgan fingerprint density at radius 2 is 2.00 bits per heavy atom. The molecule has 1 aliphatic heterocycles. The van der Waals surface area contributed by atoms with Crippen molar-refractivity contribution in [2.24, 2.45) is 0 Å². The molecule has 0 saturated carbocycles. The average molecular weight is 598 g/mol. The van der Waals surface area contributed by atoms with Gasteiger partial charge in [-0.3, -0.25) is 9.32 Å². The smallest absolute Gasteiger partial charge is 0.459 e. The number of nitrogens with zero attached hydrogens (tertiary/aromatic N) is 3. The van der Waals surface area contributed by atoms with Crippen LogP contribution >= 0.6 is 7.75 Å². The van der Waals surface area contributed by atoms with Crippen LogP contribution in [0.15, 0.2) is 48.8 Å². The number of aromatic nitrogens is 3. The number of nitrogen functional groups attached to an aromatic ring is 1. The van der Waals surface area contributed by atoms with Crippen LogP contribution in [0.25, 0.3) is 5.52 Å². The fraction of sp³-hybridized carbons (Fsp3) is 0.480. The average Bonchev–Trinajstić information content (AvgIpc) is 3.51. The number of anilines is 1. The highest BCUT2D eigenvalue weighted by atomic mass is 31.2. The van der Waals surface area contributed by atoms with E-state index in [0.717, 1.165) is 0 Å². The van der Waals surface area contributed by atoms with Crippen molar-refractivity contribution in [2.45, 2.75) is 49.9 Å². The highest BCUT2D eigenvalue weighted by Gasteiger charge is 2.57. The Labute approximate surface area is 235 Å². The molecule has 3 aromatic rings. The number of carbonyl (C=O) groups is 1. The summed E-state index contributed by atoms with van der Waals surface area (Å²) in [6, 6.07) is 9.87. The maximum Gasteiger partial charge on any atom is 0.459 e. The number of aliphatic hydroxyl groups is 2. The van der Waals surface area contributed by atoms with Gasteiger partial charge in [0.25, 0.3) is 0 Å². The lowest BCUT2D eigenvalue weighted by atomic mass is 9.96. The van der Waals surface area contributed by atoms with E-state index in [1.807, 2.05) is 0 Å². The second kappa shape index (κ2) is 12.8. The number of esters is 1. The summed E-state index contributed by atoms with van der Waals surface area (Å²) >= 11 is 0. The number of hydrogen-bond donors (Lipinski definition) is 4. The highest BCUT2D eigenvalue weighted by Crippen LogP contribution is 2.48. The number of halogens is 1. The first-order chi connectivity index (χ1) is 19.5. The van der Waals surface area contributed by atoms with Gasteiger partial charge in [-0.2, -0.15) is 10.2 Å². The van der Waals surface area contributed by atoms with Gasteiger partial charge in [-0.05, 0) is 38.1 Å². The molecule has 1 aromatic carbocycles. The largest absolute Gasteiger partial charge is 0.462 e. The molecule has 0 spiro atoms. The predicted octanol–water partition coefficient (Wildman–Crippen LogP) is 1.57. The number of methoxy groups -OCH3 is 1. The van der Waals surface area contributed by atoms with Gasteiger partial charge in [-0.1, -0.05) is 18.2 Å². The van der Waals surface area contributed by atoms with Crippen molar-refractivity contribution in [3.05, 3.63) is 54.5 Å². The SMILES string of the molecule is CO[C@@H](C)COC(=O)[C@H](C)N[P@@](=O)(OC[C@@]1(CF)O[C@@H](c2ccc3c(N)ncnn23)[C@H](O)[C@@H]1O)Oc1ccccc1. The Morgan fingerprint density at radius 3 is 2.68 bits per heavy atom. The number of ether oxygens (including phenoxy) is 3. The summed E-state index contributed by atoms with van der Waals surface area (Å²) in [5, 5.41) is 28.3. The summed E-state index contributed by atoms with van der Waals surface area (Å²) in [7, 11) is -2.99. The number of carbonyl (C=O) groups excluding carboxylic acids is 1. The topological polar surface area (TPSA) is 189 Å². The van der Waals surface area contributed by atoms with Crippen LogP contribution in [-0.4, -0.2) is 87.7 Å². The molecule has 3 heterocycles. The van der Waals surface area contributed by atoms with Gasteiger partial charge >= 0.3 is 13.7 Å². The molecule has 1 saturated heterocycles. The first-order valence-corrected chi connectivity index (χ1v) is 14.2. The number of rotatable bonds is 13. The van der Waals surface area contributed by atoms with Gasteiger partial charge < -0.3 is 34.7 Å². The van der Waals surface area contributed by atoms with Crippen LogP contribution < -0.4 is 15.3 Å². The summed E-state index contributed by atoms with van der Waals surface area (Å²) in [6.45, 7) is 0.849. The van der Waals surface area contributed by atoms with Crippen LogP contribution in [0.5, 0.6) is 5.75 Å². The maximum absolute atomic E-state index is 14.6. The normalized spacial score (nSPS) is 25.5. The van der Waals surface area contributed by atoms with Gasteiger partial charge in [-0.15, -0.1) is 0 Å². The number of para-hydroxylation sites is 1. The molecule has 0 amide bonds.